The number of fused-ring (bicyclic) bond motifs is 1. The van der Waals surface area contributed by atoms with Crippen LogP contribution in [0.3, 0.4) is 0 Å². The van der Waals surface area contributed by atoms with Crippen molar-refractivity contribution < 1.29 is 32.6 Å². The highest BCUT2D eigenvalue weighted by molar-refractivity contribution is 6.30. The summed E-state index contributed by atoms with van der Waals surface area (Å²) in [7, 11) is 0. The highest BCUT2D eigenvalue weighted by Gasteiger charge is 2.48. The summed E-state index contributed by atoms with van der Waals surface area (Å²) in [5.74, 6) is -1.19. The van der Waals surface area contributed by atoms with Gasteiger partial charge in [-0.15, -0.1) is 0 Å². The van der Waals surface area contributed by atoms with E-state index < -0.39 is 24.6 Å². The summed E-state index contributed by atoms with van der Waals surface area (Å²) in [5, 5.41) is 3.26. The molecule has 4 rings (SSSR count). The van der Waals surface area contributed by atoms with Crippen LogP contribution in [0, 0.1) is 0 Å². The molecule has 2 aliphatic heterocycles. The lowest BCUT2D eigenvalue weighted by molar-refractivity contribution is -0.138. The number of ketones is 1. The van der Waals surface area contributed by atoms with E-state index in [9.17, 15) is 23.2 Å². The molecule has 3 atom stereocenters. The number of carbonyl (C=O) groups excluding carboxylic acids is 3. The number of amides is 2. The highest BCUT2D eigenvalue weighted by Crippen LogP contribution is 2.28. The summed E-state index contributed by atoms with van der Waals surface area (Å²) < 4.78 is 34.5. The van der Waals surface area contributed by atoms with Crippen molar-refractivity contribution in [3.05, 3.63) is 64.7 Å². The zero-order valence-electron chi connectivity index (χ0n) is 17.4. The van der Waals surface area contributed by atoms with Crippen molar-refractivity contribution in [2.45, 2.75) is 37.6 Å². The lowest BCUT2D eigenvalue weighted by Crippen LogP contribution is -2.53. The molecule has 2 aromatic carbocycles. The van der Waals surface area contributed by atoms with E-state index in [1.807, 2.05) is 0 Å². The zero-order chi connectivity index (χ0) is 23.5. The lowest BCUT2D eigenvalue weighted by atomic mass is 10.0. The van der Waals surface area contributed by atoms with Gasteiger partial charge in [-0.1, -0.05) is 23.7 Å². The third-order valence-electron chi connectivity index (χ3n) is 5.69. The number of hydrogen-bond donors (Lipinski definition) is 1. The van der Waals surface area contributed by atoms with Gasteiger partial charge in [-0.05, 0) is 48.4 Å². The SMILES string of the molecule is O=C(NC(Cc1ccc(Cl)cc1)C(=O)N1CCC2OCC(=O)C21)c1ccc(OC(F)F)cc1. The molecule has 2 fully saturated rings. The summed E-state index contributed by atoms with van der Waals surface area (Å²) in [6.45, 7) is -2.65. The predicted octanol–water partition coefficient (Wildman–Crippen LogP) is 2.85. The minimum Gasteiger partial charge on any atom is -0.435 e. The first kappa shape index (κ1) is 23.1. The third-order valence-corrected chi connectivity index (χ3v) is 5.95. The van der Waals surface area contributed by atoms with Crippen molar-refractivity contribution in [1.82, 2.24) is 10.2 Å². The Morgan fingerprint density at radius 3 is 2.52 bits per heavy atom. The van der Waals surface area contributed by atoms with Gasteiger partial charge in [0.1, 0.15) is 24.4 Å². The Morgan fingerprint density at radius 2 is 1.85 bits per heavy atom. The van der Waals surface area contributed by atoms with Gasteiger partial charge < -0.3 is 19.7 Å². The normalized spacial score (nSPS) is 20.6. The van der Waals surface area contributed by atoms with E-state index in [1.54, 1.807) is 24.3 Å². The number of nitrogens with zero attached hydrogens (tertiary/aromatic N) is 1. The molecule has 0 bridgehead atoms. The molecule has 33 heavy (non-hydrogen) atoms. The molecule has 0 aliphatic carbocycles. The van der Waals surface area contributed by atoms with Gasteiger partial charge in [0, 0.05) is 23.6 Å². The van der Waals surface area contributed by atoms with Gasteiger partial charge in [0.05, 0.1) is 6.10 Å². The maximum atomic E-state index is 13.4. The Hall–Kier alpha value is -3.04. The smallest absolute Gasteiger partial charge is 0.387 e. The van der Waals surface area contributed by atoms with Gasteiger partial charge in [-0.3, -0.25) is 14.4 Å². The second-order valence-electron chi connectivity index (χ2n) is 7.84. The van der Waals surface area contributed by atoms with E-state index in [4.69, 9.17) is 16.3 Å². The minimum atomic E-state index is -2.97. The van der Waals surface area contributed by atoms with Gasteiger partial charge in [0.25, 0.3) is 5.91 Å². The molecule has 0 radical (unpaired) electrons. The number of ether oxygens (including phenoxy) is 2. The number of rotatable bonds is 7. The third kappa shape index (κ3) is 5.31. The molecule has 2 saturated heterocycles. The molecular weight excluding hydrogens is 458 g/mol. The number of alkyl halides is 2. The van der Waals surface area contributed by atoms with Crippen LogP contribution in [-0.2, 0) is 20.7 Å². The number of hydrogen-bond acceptors (Lipinski definition) is 5. The topological polar surface area (TPSA) is 84.9 Å². The summed E-state index contributed by atoms with van der Waals surface area (Å²) in [4.78, 5) is 40.0. The summed E-state index contributed by atoms with van der Waals surface area (Å²) >= 11 is 5.95. The molecule has 0 spiro atoms. The summed E-state index contributed by atoms with van der Waals surface area (Å²) in [6, 6.07) is 10.4. The zero-order valence-corrected chi connectivity index (χ0v) is 18.1. The number of likely N-dealkylation sites (tertiary alicyclic amines) is 1. The quantitative estimate of drug-likeness (QED) is 0.661. The number of carbonyl (C=O) groups is 3. The van der Waals surface area contributed by atoms with E-state index in [0.717, 1.165) is 5.56 Å². The van der Waals surface area contributed by atoms with E-state index in [0.29, 0.717) is 18.0 Å². The van der Waals surface area contributed by atoms with Gasteiger partial charge in [-0.25, -0.2) is 0 Å². The number of halogens is 3. The Morgan fingerprint density at radius 1 is 1.15 bits per heavy atom. The van der Waals surface area contributed by atoms with Crippen LogP contribution in [0.15, 0.2) is 48.5 Å². The van der Waals surface area contributed by atoms with Crippen molar-refractivity contribution in [2.24, 2.45) is 0 Å². The maximum Gasteiger partial charge on any atom is 0.387 e. The van der Waals surface area contributed by atoms with Crippen molar-refractivity contribution >= 4 is 29.2 Å². The first-order chi connectivity index (χ1) is 15.8. The van der Waals surface area contributed by atoms with Crippen LogP contribution in [0.25, 0.3) is 0 Å². The molecule has 10 heteroatoms. The predicted molar refractivity (Wildman–Crippen MR) is 114 cm³/mol. The van der Waals surface area contributed by atoms with Crippen LogP contribution in [0.1, 0.15) is 22.3 Å². The van der Waals surface area contributed by atoms with Gasteiger partial charge in [0.2, 0.25) is 5.91 Å². The molecule has 1 N–H and O–H groups in total. The van der Waals surface area contributed by atoms with Crippen LogP contribution in [0.2, 0.25) is 5.02 Å². The fourth-order valence-electron chi connectivity index (χ4n) is 4.13. The van der Waals surface area contributed by atoms with Gasteiger partial charge in [0.15, 0.2) is 5.78 Å². The molecule has 2 amide bonds. The van der Waals surface area contributed by atoms with E-state index >= 15 is 0 Å². The largest absolute Gasteiger partial charge is 0.435 e. The molecule has 3 unspecified atom stereocenters. The maximum absolute atomic E-state index is 13.4. The van der Waals surface area contributed by atoms with Gasteiger partial charge in [-0.2, -0.15) is 8.78 Å². The van der Waals surface area contributed by atoms with Crippen molar-refractivity contribution in [2.75, 3.05) is 13.2 Å². The average molecular weight is 479 g/mol. The second-order valence-corrected chi connectivity index (χ2v) is 8.28. The van der Waals surface area contributed by atoms with Crippen LogP contribution in [-0.4, -0.2) is 60.4 Å². The van der Waals surface area contributed by atoms with E-state index in [1.165, 1.54) is 29.2 Å². The fraction of sp³-hybridized carbons (Fsp3) is 0.348. The second kappa shape index (κ2) is 9.84. The van der Waals surface area contributed by atoms with Crippen LogP contribution >= 0.6 is 11.6 Å². The molecule has 0 aromatic heterocycles. The number of benzene rings is 2. The number of Topliss-reactive ketones (excluding diaryl/α,β-unsaturated/α-hetero) is 1. The Bertz CT molecular complexity index is 1030. The Labute approximate surface area is 193 Å². The standard InChI is InChI=1S/C23H21ClF2N2O5/c24-15-5-1-13(2-6-15)11-17(22(31)28-10-9-19-20(28)18(29)12-32-19)27-21(30)14-3-7-16(8-4-14)33-23(25)26/h1-8,17,19-20,23H,9-12H2,(H,27,30). The van der Waals surface area contributed by atoms with E-state index in [-0.39, 0.29) is 42.1 Å². The monoisotopic (exact) mass is 478 g/mol. The van der Waals surface area contributed by atoms with Crippen molar-refractivity contribution in [3.8, 4) is 5.75 Å². The minimum absolute atomic E-state index is 0.0274. The molecular formula is C23H21ClF2N2O5. The highest BCUT2D eigenvalue weighted by atomic mass is 35.5. The summed E-state index contributed by atoms with van der Waals surface area (Å²) in [6.07, 6.45) is 0.405. The summed E-state index contributed by atoms with van der Waals surface area (Å²) in [5.41, 5.74) is 0.938. The fourth-order valence-corrected chi connectivity index (χ4v) is 4.25. The lowest BCUT2D eigenvalue weighted by Gasteiger charge is -2.27. The van der Waals surface area contributed by atoms with Crippen LogP contribution in [0.5, 0.6) is 5.75 Å². The first-order valence-corrected chi connectivity index (χ1v) is 10.7. The van der Waals surface area contributed by atoms with Crippen molar-refractivity contribution in [3.63, 3.8) is 0 Å². The molecule has 2 heterocycles. The molecule has 0 saturated carbocycles. The molecule has 7 nitrogen and oxygen atoms in total. The Kier molecular flexibility index (Phi) is 6.90. The number of nitrogens with one attached hydrogen (secondary N) is 1. The first-order valence-electron chi connectivity index (χ1n) is 10.4. The Balaban J connectivity index is 1.53. The van der Waals surface area contributed by atoms with Crippen molar-refractivity contribution in [1.29, 1.82) is 0 Å². The molecule has 174 valence electrons. The van der Waals surface area contributed by atoms with Crippen LogP contribution in [0.4, 0.5) is 8.78 Å². The molecule has 2 aromatic rings. The van der Waals surface area contributed by atoms with E-state index in [2.05, 4.69) is 10.1 Å². The van der Waals surface area contributed by atoms with Gasteiger partial charge >= 0.3 is 6.61 Å². The average Bonchev–Trinajstić information content (AvgIpc) is 3.37. The molecule has 2 aliphatic rings. The van der Waals surface area contributed by atoms with Crippen LogP contribution < -0.4 is 10.1 Å².